The molecule has 0 rings (SSSR count). The molecule has 0 aromatic rings. The van der Waals surface area contributed by atoms with E-state index in [0.717, 1.165) is 12.8 Å². The van der Waals surface area contributed by atoms with Crippen molar-refractivity contribution in [2.75, 3.05) is 0 Å². The molecule has 0 radical (unpaired) electrons. The van der Waals surface area contributed by atoms with Crippen LogP contribution in [-0.4, -0.2) is 0 Å². The molecule has 0 aromatic heterocycles. The van der Waals surface area contributed by atoms with E-state index in [2.05, 4.69) is 19.9 Å². The van der Waals surface area contributed by atoms with Crippen LogP contribution in [0.5, 0.6) is 0 Å². The zero-order valence-electron chi connectivity index (χ0n) is 6.95. The van der Waals surface area contributed by atoms with Crippen molar-refractivity contribution in [3.05, 3.63) is 22.8 Å². The summed E-state index contributed by atoms with van der Waals surface area (Å²) in [5.41, 5.74) is 4.28. The molecule has 10 heavy (non-hydrogen) atoms. The van der Waals surface area contributed by atoms with Gasteiger partial charge in [-0.3, -0.25) is 0 Å². The summed E-state index contributed by atoms with van der Waals surface area (Å²) < 4.78 is 0. The van der Waals surface area contributed by atoms with Crippen LogP contribution in [0.15, 0.2) is 22.8 Å². The van der Waals surface area contributed by atoms with Crippen molar-refractivity contribution in [2.45, 2.75) is 33.6 Å². The van der Waals surface area contributed by atoms with Gasteiger partial charge in [0.1, 0.15) is 0 Å². The highest BCUT2D eigenvalue weighted by Gasteiger charge is 1.85. The second-order valence-corrected chi connectivity index (χ2v) is 2.99. The second-order valence-electron chi connectivity index (χ2n) is 2.78. The van der Waals surface area contributed by atoms with Gasteiger partial charge in [-0.05, 0) is 33.6 Å². The summed E-state index contributed by atoms with van der Waals surface area (Å²) in [6.07, 6.45) is 4.41. The first kappa shape index (κ1) is 9.77. The first-order chi connectivity index (χ1) is 4.66. The lowest BCUT2D eigenvalue weighted by Gasteiger charge is -1.94. The van der Waals surface area contributed by atoms with Crippen molar-refractivity contribution in [1.82, 2.24) is 0 Å². The minimum absolute atomic E-state index is 1.08. The summed E-state index contributed by atoms with van der Waals surface area (Å²) >= 11 is 5.48. The van der Waals surface area contributed by atoms with Crippen LogP contribution < -0.4 is 0 Å². The predicted molar refractivity (Wildman–Crippen MR) is 48.3 cm³/mol. The third kappa shape index (κ3) is 5.90. The SMILES string of the molecule is CC(C)=CCC/C(C)=C\Cl. The van der Waals surface area contributed by atoms with Gasteiger partial charge in [0.15, 0.2) is 0 Å². The third-order valence-electron chi connectivity index (χ3n) is 1.28. The van der Waals surface area contributed by atoms with Crippen LogP contribution in [0.3, 0.4) is 0 Å². The summed E-state index contributed by atoms with van der Waals surface area (Å²) in [7, 11) is 0. The number of hydrogen-bond acceptors (Lipinski definition) is 0. The minimum Gasteiger partial charge on any atom is -0.0930 e. The fourth-order valence-electron chi connectivity index (χ4n) is 0.643. The average Bonchev–Trinajstić information content (AvgIpc) is 1.87. The molecule has 0 amide bonds. The van der Waals surface area contributed by atoms with Gasteiger partial charge in [-0.1, -0.05) is 28.8 Å². The van der Waals surface area contributed by atoms with Gasteiger partial charge in [0.25, 0.3) is 0 Å². The van der Waals surface area contributed by atoms with Crippen LogP contribution in [0.1, 0.15) is 33.6 Å². The first-order valence-electron chi connectivity index (χ1n) is 3.56. The van der Waals surface area contributed by atoms with E-state index in [1.165, 1.54) is 11.1 Å². The van der Waals surface area contributed by atoms with Crippen LogP contribution >= 0.6 is 11.6 Å². The zero-order chi connectivity index (χ0) is 7.98. The molecular weight excluding hydrogens is 144 g/mol. The molecule has 0 fully saturated rings. The highest BCUT2D eigenvalue weighted by atomic mass is 35.5. The van der Waals surface area contributed by atoms with Crippen LogP contribution in [0.4, 0.5) is 0 Å². The highest BCUT2D eigenvalue weighted by molar-refractivity contribution is 6.25. The van der Waals surface area contributed by atoms with Gasteiger partial charge in [0, 0.05) is 5.54 Å². The first-order valence-corrected chi connectivity index (χ1v) is 3.99. The fourth-order valence-corrected chi connectivity index (χ4v) is 0.752. The van der Waals surface area contributed by atoms with Gasteiger partial charge in [0.05, 0.1) is 0 Å². The zero-order valence-corrected chi connectivity index (χ0v) is 7.70. The van der Waals surface area contributed by atoms with E-state index in [9.17, 15) is 0 Å². The van der Waals surface area contributed by atoms with Gasteiger partial charge in [0.2, 0.25) is 0 Å². The lowest BCUT2D eigenvalue weighted by Crippen LogP contribution is -1.74. The summed E-state index contributed by atoms with van der Waals surface area (Å²) in [5, 5.41) is 0. The molecule has 0 unspecified atom stereocenters. The minimum atomic E-state index is 1.08. The summed E-state index contributed by atoms with van der Waals surface area (Å²) in [6, 6.07) is 0. The maximum Gasteiger partial charge on any atom is 0.00317 e. The average molecular weight is 159 g/mol. The van der Waals surface area contributed by atoms with Crippen molar-refractivity contribution in [1.29, 1.82) is 0 Å². The van der Waals surface area contributed by atoms with Crippen molar-refractivity contribution in [2.24, 2.45) is 0 Å². The molecule has 0 spiro atoms. The number of rotatable bonds is 3. The molecule has 0 nitrogen and oxygen atoms in total. The molecule has 0 heterocycles. The normalized spacial score (nSPS) is 11.4. The molecule has 0 bridgehead atoms. The Kier molecular flexibility index (Phi) is 5.42. The topological polar surface area (TPSA) is 0 Å². The molecule has 1 heteroatoms. The van der Waals surface area contributed by atoms with E-state index in [1.807, 2.05) is 6.92 Å². The molecule has 0 atom stereocenters. The van der Waals surface area contributed by atoms with Gasteiger partial charge in [-0.2, -0.15) is 0 Å². The molecule has 0 saturated heterocycles. The Morgan fingerprint density at radius 3 is 2.30 bits per heavy atom. The molecule has 0 aliphatic carbocycles. The van der Waals surface area contributed by atoms with Crippen molar-refractivity contribution < 1.29 is 0 Å². The smallest absolute Gasteiger partial charge is 0.00317 e. The second kappa shape index (κ2) is 5.55. The third-order valence-corrected chi connectivity index (χ3v) is 1.65. The van der Waals surface area contributed by atoms with E-state index in [-0.39, 0.29) is 0 Å². The molecular formula is C9H15Cl. The number of halogens is 1. The predicted octanol–water partition coefficient (Wildman–Crippen LogP) is 3.88. The lowest BCUT2D eigenvalue weighted by atomic mass is 10.1. The number of hydrogen-bond donors (Lipinski definition) is 0. The Morgan fingerprint density at radius 2 is 1.90 bits per heavy atom. The Bertz CT molecular complexity index is 139. The molecule has 0 saturated carbocycles. The maximum absolute atomic E-state index is 5.48. The largest absolute Gasteiger partial charge is 0.0930 e. The van der Waals surface area contributed by atoms with E-state index >= 15 is 0 Å². The van der Waals surface area contributed by atoms with Crippen LogP contribution in [0.25, 0.3) is 0 Å². The standard InChI is InChI=1S/C9H15Cl/c1-8(2)5-4-6-9(3)7-10/h5,7H,4,6H2,1-3H3/b9-7-. The monoisotopic (exact) mass is 158 g/mol. The van der Waals surface area contributed by atoms with Gasteiger partial charge in [-0.15, -0.1) is 0 Å². The highest BCUT2D eigenvalue weighted by Crippen LogP contribution is 2.06. The molecule has 0 aliphatic heterocycles. The summed E-state index contributed by atoms with van der Waals surface area (Å²) in [4.78, 5) is 0. The van der Waals surface area contributed by atoms with Crippen LogP contribution in [0.2, 0.25) is 0 Å². The maximum atomic E-state index is 5.48. The van der Waals surface area contributed by atoms with Crippen LogP contribution in [0, 0.1) is 0 Å². The Hall–Kier alpha value is -0.230. The van der Waals surface area contributed by atoms with E-state index in [1.54, 1.807) is 5.54 Å². The fraction of sp³-hybridized carbons (Fsp3) is 0.556. The molecule has 0 N–H and O–H groups in total. The van der Waals surface area contributed by atoms with Crippen LogP contribution in [-0.2, 0) is 0 Å². The van der Waals surface area contributed by atoms with Crippen molar-refractivity contribution in [3.63, 3.8) is 0 Å². The Morgan fingerprint density at radius 1 is 1.30 bits per heavy atom. The van der Waals surface area contributed by atoms with Gasteiger partial charge >= 0.3 is 0 Å². The van der Waals surface area contributed by atoms with Gasteiger partial charge in [-0.25, -0.2) is 0 Å². The number of allylic oxidation sites excluding steroid dienone is 3. The van der Waals surface area contributed by atoms with E-state index < -0.39 is 0 Å². The van der Waals surface area contributed by atoms with Gasteiger partial charge < -0.3 is 0 Å². The van der Waals surface area contributed by atoms with E-state index in [0.29, 0.717) is 0 Å². The lowest BCUT2D eigenvalue weighted by molar-refractivity contribution is 0.970. The van der Waals surface area contributed by atoms with E-state index in [4.69, 9.17) is 11.6 Å². The Labute approximate surface area is 68.6 Å². The Balaban J connectivity index is 3.47. The molecule has 0 aromatic carbocycles. The van der Waals surface area contributed by atoms with Crippen molar-refractivity contribution >= 4 is 11.6 Å². The summed E-state index contributed by atoms with van der Waals surface area (Å²) in [6.45, 7) is 6.27. The molecule has 0 aliphatic rings. The quantitative estimate of drug-likeness (QED) is 0.547. The molecule has 58 valence electrons. The summed E-state index contributed by atoms with van der Waals surface area (Å²) in [5.74, 6) is 0. The van der Waals surface area contributed by atoms with Crippen molar-refractivity contribution in [3.8, 4) is 0 Å².